The summed E-state index contributed by atoms with van der Waals surface area (Å²) >= 11 is 0. The second-order valence-corrected chi connectivity index (χ2v) is 8.41. The predicted molar refractivity (Wildman–Crippen MR) is 126 cm³/mol. The maximum atomic E-state index is 12.6. The van der Waals surface area contributed by atoms with Gasteiger partial charge in [0.15, 0.2) is 0 Å². The Hall–Kier alpha value is -3.67. The Labute approximate surface area is 187 Å². The lowest BCUT2D eigenvalue weighted by Crippen LogP contribution is -2.43. The Balaban J connectivity index is 1.53. The number of hydrogen-bond acceptors (Lipinski definition) is 4. The Morgan fingerprint density at radius 1 is 1.03 bits per heavy atom. The molecule has 6 nitrogen and oxygen atoms in total. The molecule has 1 N–H and O–H groups in total. The van der Waals surface area contributed by atoms with E-state index in [2.05, 4.69) is 28.5 Å². The number of esters is 1. The molecule has 32 heavy (non-hydrogen) atoms. The van der Waals surface area contributed by atoms with Gasteiger partial charge in [0.2, 0.25) is 5.91 Å². The second kappa shape index (κ2) is 9.22. The van der Waals surface area contributed by atoms with E-state index in [0.717, 1.165) is 32.9 Å². The number of benzene rings is 2. The molecule has 0 aliphatic rings. The van der Waals surface area contributed by atoms with Crippen molar-refractivity contribution in [1.82, 2.24) is 14.9 Å². The molecule has 6 heteroatoms. The van der Waals surface area contributed by atoms with Crippen LogP contribution in [0.2, 0.25) is 0 Å². The van der Waals surface area contributed by atoms with Crippen LogP contribution in [0.25, 0.3) is 32.9 Å². The number of para-hydroxylation sites is 1. The van der Waals surface area contributed by atoms with Gasteiger partial charge in [-0.15, -0.1) is 0 Å². The van der Waals surface area contributed by atoms with Gasteiger partial charge in [-0.25, -0.2) is 4.79 Å². The number of pyridine rings is 1. The Bertz CT molecular complexity index is 1280. The number of nitrogens with zero attached hydrogens (tertiary/aromatic N) is 2. The van der Waals surface area contributed by atoms with Crippen molar-refractivity contribution in [2.45, 2.75) is 32.9 Å². The standard InChI is InChI=1S/C26H27N3O3/c1-17(2)12-23(26(31)32-3)28-25(30)16-29-11-10-20-13-18(8-9-24(20)29)21-14-19-6-4-5-7-22(19)27-15-21/h4-11,13-15,17,23H,12,16H2,1-3H3,(H,28,30)/t23-/m1/s1. The third-order valence-electron chi connectivity index (χ3n) is 5.54. The number of fused-ring (bicyclic) bond motifs is 2. The van der Waals surface area contributed by atoms with Gasteiger partial charge < -0.3 is 14.6 Å². The first-order valence-electron chi connectivity index (χ1n) is 10.8. The monoisotopic (exact) mass is 429 g/mol. The number of ether oxygens (including phenoxy) is 1. The van der Waals surface area contributed by atoms with E-state index in [9.17, 15) is 9.59 Å². The number of methoxy groups -OCH3 is 1. The smallest absolute Gasteiger partial charge is 0.328 e. The van der Waals surface area contributed by atoms with E-state index >= 15 is 0 Å². The zero-order valence-electron chi connectivity index (χ0n) is 18.5. The quantitative estimate of drug-likeness (QED) is 0.437. The molecule has 4 rings (SSSR count). The van der Waals surface area contributed by atoms with Crippen molar-refractivity contribution in [3.63, 3.8) is 0 Å². The van der Waals surface area contributed by atoms with Crippen molar-refractivity contribution in [2.24, 2.45) is 5.92 Å². The van der Waals surface area contributed by atoms with Crippen LogP contribution < -0.4 is 5.32 Å². The molecule has 0 aliphatic heterocycles. The summed E-state index contributed by atoms with van der Waals surface area (Å²) in [7, 11) is 1.34. The maximum absolute atomic E-state index is 12.6. The maximum Gasteiger partial charge on any atom is 0.328 e. The van der Waals surface area contributed by atoms with Gasteiger partial charge in [-0.1, -0.05) is 38.1 Å². The predicted octanol–water partition coefficient (Wildman–Crippen LogP) is 4.56. The summed E-state index contributed by atoms with van der Waals surface area (Å²) in [5, 5.41) is 4.95. The molecule has 0 radical (unpaired) electrons. The fourth-order valence-electron chi connectivity index (χ4n) is 3.97. The molecule has 164 valence electrons. The lowest BCUT2D eigenvalue weighted by Gasteiger charge is -2.18. The van der Waals surface area contributed by atoms with Crippen LogP contribution in [0.5, 0.6) is 0 Å². The first kappa shape index (κ1) is 21.6. The van der Waals surface area contributed by atoms with Gasteiger partial charge in [0, 0.05) is 34.2 Å². The van der Waals surface area contributed by atoms with Gasteiger partial charge >= 0.3 is 5.97 Å². The fraction of sp³-hybridized carbons (Fsp3) is 0.269. The molecule has 0 fully saturated rings. The second-order valence-electron chi connectivity index (χ2n) is 8.41. The highest BCUT2D eigenvalue weighted by Gasteiger charge is 2.22. The molecule has 2 heterocycles. The SMILES string of the molecule is COC(=O)[C@@H](CC(C)C)NC(=O)Cn1ccc2cc(-c3cnc4ccccc4c3)ccc21. The van der Waals surface area contributed by atoms with Crippen molar-refractivity contribution in [3.05, 3.63) is 67.0 Å². The minimum atomic E-state index is -0.638. The number of nitrogens with one attached hydrogen (secondary N) is 1. The average Bonchev–Trinajstić information content (AvgIpc) is 3.19. The summed E-state index contributed by atoms with van der Waals surface area (Å²) < 4.78 is 6.72. The van der Waals surface area contributed by atoms with Gasteiger partial charge in [0.25, 0.3) is 0 Å². The molecule has 1 atom stereocenters. The van der Waals surface area contributed by atoms with Crippen molar-refractivity contribution in [3.8, 4) is 11.1 Å². The van der Waals surface area contributed by atoms with E-state index in [0.29, 0.717) is 6.42 Å². The van der Waals surface area contributed by atoms with E-state index in [1.807, 2.05) is 67.2 Å². The fourth-order valence-corrected chi connectivity index (χ4v) is 3.97. The summed E-state index contributed by atoms with van der Waals surface area (Å²) in [5.41, 5.74) is 4.04. The zero-order chi connectivity index (χ0) is 22.7. The minimum Gasteiger partial charge on any atom is -0.467 e. The van der Waals surface area contributed by atoms with Crippen molar-refractivity contribution in [2.75, 3.05) is 7.11 Å². The van der Waals surface area contributed by atoms with Crippen LogP contribution >= 0.6 is 0 Å². The van der Waals surface area contributed by atoms with E-state index in [1.165, 1.54) is 7.11 Å². The number of hydrogen-bond donors (Lipinski definition) is 1. The normalized spacial score (nSPS) is 12.2. The van der Waals surface area contributed by atoms with E-state index in [4.69, 9.17) is 4.74 Å². The first-order valence-corrected chi connectivity index (χ1v) is 10.8. The van der Waals surface area contributed by atoms with Gasteiger partial charge in [0.1, 0.15) is 12.6 Å². The van der Waals surface area contributed by atoms with Crippen molar-refractivity contribution >= 4 is 33.7 Å². The molecular weight excluding hydrogens is 402 g/mol. The molecule has 2 aromatic carbocycles. The molecular formula is C26H27N3O3. The Morgan fingerprint density at radius 2 is 1.81 bits per heavy atom. The van der Waals surface area contributed by atoms with Crippen molar-refractivity contribution < 1.29 is 14.3 Å². The van der Waals surface area contributed by atoms with Crippen LogP contribution in [-0.2, 0) is 20.9 Å². The molecule has 0 saturated heterocycles. The Morgan fingerprint density at radius 3 is 2.59 bits per heavy atom. The van der Waals surface area contributed by atoms with Crippen LogP contribution in [0.4, 0.5) is 0 Å². The van der Waals surface area contributed by atoms with Gasteiger partial charge in [-0.2, -0.15) is 0 Å². The van der Waals surface area contributed by atoms with Gasteiger partial charge in [-0.3, -0.25) is 9.78 Å². The Kier molecular flexibility index (Phi) is 6.21. The molecule has 1 amide bonds. The molecule has 2 aromatic heterocycles. The zero-order valence-corrected chi connectivity index (χ0v) is 18.5. The molecule has 0 spiro atoms. The third-order valence-corrected chi connectivity index (χ3v) is 5.54. The topological polar surface area (TPSA) is 73.2 Å². The molecule has 0 bridgehead atoms. The molecule has 4 aromatic rings. The number of carbonyl (C=O) groups is 2. The van der Waals surface area contributed by atoms with E-state index < -0.39 is 12.0 Å². The summed E-state index contributed by atoms with van der Waals surface area (Å²) in [6, 6.07) is 17.7. The molecule has 0 saturated carbocycles. The lowest BCUT2D eigenvalue weighted by atomic mass is 10.0. The highest BCUT2D eigenvalue weighted by Crippen LogP contribution is 2.27. The molecule has 0 unspecified atom stereocenters. The average molecular weight is 430 g/mol. The third kappa shape index (κ3) is 4.64. The van der Waals surface area contributed by atoms with Crippen LogP contribution in [0, 0.1) is 5.92 Å². The van der Waals surface area contributed by atoms with Crippen molar-refractivity contribution in [1.29, 1.82) is 0 Å². The lowest BCUT2D eigenvalue weighted by molar-refractivity contribution is -0.145. The number of carbonyl (C=O) groups excluding carboxylic acids is 2. The van der Waals surface area contributed by atoms with Crippen LogP contribution in [0.15, 0.2) is 67.0 Å². The highest BCUT2D eigenvalue weighted by atomic mass is 16.5. The van der Waals surface area contributed by atoms with Crippen LogP contribution in [0.1, 0.15) is 20.3 Å². The van der Waals surface area contributed by atoms with Crippen LogP contribution in [-0.4, -0.2) is 34.6 Å². The summed E-state index contributed by atoms with van der Waals surface area (Å²) in [6.07, 6.45) is 4.31. The number of amides is 1. The summed E-state index contributed by atoms with van der Waals surface area (Å²) in [4.78, 5) is 29.2. The molecule has 0 aliphatic carbocycles. The number of aromatic nitrogens is 2. The highest BCUT2D eigenvalue weighted by molar-refractivity contribution is 5.90. The van der Waals surface area contributed by atoms with Crippen LogP contribution in [0.3, 0.4) is 0 Å². The minimum absolute atomic E-state index is 0.131. The summed E-state index contributed by atoms with van der Waals surface area (Å²) in [6.45, 7) is 4.14. The first-order chi connectivity index (χ1) is 15.4. The van der Waals surface area contributed by atoms with Gasteiger partial charge in [0.05, 0.1) is 12.6 Å². The van der Waals surface area contributed by atoms with Gasteiger partial charge in [-0.05, 0) is 48.2 Å². The summed E-state index contributed by atoms with van der Waals surface area (Å²) in [5.74, 6) is -0.380. The van der Waals surface area contributed by atoms with E-state index in [1.54, 1.807) is 0 Å². The van der Waals surface area contributed by atoms with E-state index in [-0.39, 0.29) is 18.4 Å². The largest absolute Gasteiger partial charge is 0.467 e. The number of rotatable bonds is 7.